The van der Waals surface area contributed by atoms with Gasteiger partial charge < -0.3 is 9.73 Å². The standard InChI is InChI=1S/C19H16N6O3S/c1-11-4-3-5-13(18(11)23-19(27)15-8-28-10-20-15)14-6-21-25(24-14)7-17-22-16(9-29-17)12(2)26/h3-6,8-10H,7H2,1-2H3,(H,23,27). The number of carbonyl (C=O) groups is 2. The average Bonchev–Trinajstić information content (AvgIpc) is 3.45. The number of para-hydroxylation sites is 1. The third-order valence-electron chi connectivity index (χ3n) is 4.18. The monoisotopic (exact) mass is 408 g/mol. The average molecular weight is 408 g/mol. The Balaban J connectivity index is 1.59. The lowest BCUT2D eigenvalue weighted by Gasteiger charge is -2.11. The van der Waals surface area contributed by atoms with Crippen molar-refractivity contribution in [1.29, 1.82) is 0 Å². The molecule has 0 spiro atoms. The zero-order chi connectivity index (χ0) is 20.4. The number of hydrogen-bond donors (Lipinski definition) is 1. The van der Waals surface area contributed by atoms with E-state index < -0.39 is 0 Å². The molecule has 9 nitrogen and oxygen atoms in total. The van der Waals surface area contributed by atoms with E-state index in [-0.39, 0.29) is 17.4 Å². The lowest BCUT2D eigenvalue weighted by Crippen LogP contribution is -2.14. The van der Waals surface area contributed by atoms with Crippen molar-refractivity contribution in [3.05, 3.63) is 64.4 Å². The molecular formula is C19H16N6O3S. The minimum absolute atomic E-state index is 0.0751. The Kier molecular flexibility index (Phi) is 5.00. The number of anilines is 1. The van der Waals surface area contributed by atoms with E-state index in [2.05, 4.69) is 25.5 Å². The molecule has 4 rings (SSSR count). The number of hydrogen-bond acceptors (Lipinski definition) is 8. The number of amides is 1. The molecule has 0 aliphatic heterocycles. The molecule has 146 valence electrons. The topological polar surface area (TPSA) is 116 Å². The summed E-state index contributed by atoms with van der Waals surface area (Å²) in [6, 6.07) is 5.64. The molecule has 0 unspecified atom stereocenters. The number of oxazole rings is 1. The first-order valence-corrected chi connectivity index (χ1v) is 9.54. The quantitative estimate of drug-likeness (QED) is 0.487. The van der Waals surface area contributed by atoms with E-state index in [4.69, 9.17) is 4.42 Å². The molecule has 3 aromatic heterocycles. The number of aryl methyl sites for hydroxylation is 1. The van der Waals surface area contributed by atoms with Crippen molar-refractivity contribution in [3.8, 4) is 11.3 Å². The highest BCUT2D eigenvalue weighted by Gasteiger charge is 2.17. The van der Waals surface area contributed by atoms with Gasteiger partial charge in [-0.2, -0.15) is 15.0 Å². The number of nitrogens with one attached hydrogen (secondary N) is 1. The number of Topliss-reactive ketones (excluding diaryl/α,β-unsaturated/α-hetero) is 1. The van der Waals surface area contributed by atoms with Crippen molar-refractivity contribution in [2.75, 3.05) is 5.32 Å². The van der Waals surface area contributed by atoms with Gasteiger partial charge in [0, 0.05) is 17.9 Å². The van der Waals surface area contributed by atoms with Gasteiger partial charge in [0.25, 0.3) is 5.91 Å². The first kappa shape index (κ1) is 18.7. The zero-order valence-corrected chi connectivity index (χ0v) is 16.4. The van der Waals surface area contributed by atoms with Gasteiger partial charge >= 0.3 is 0 Å². The fraction of sp³-hybridized carbons (Fsp3) is 0.158. The molecule has 0 aliphatic rings. The Morgan fingerprint density at radius 3 is 2.86 bits per heavy atom. The molecule has 0 saturated carbocycles. The summed E-state index contributed by atoms with van der Waals surface area (Å²) in [6.45, 7) is 3.73. The van der Waals surface area contributed by atoms with Crippen molar-refractivity contribution in [3.63, 3.8) is 0 Å². The molecule has 3 heterocycles. The number of benzene rings is 1. The summed E-state index contributed by atoms with van der Waals surface area (Å²) >= 11 is 1.38. The second-order valence-electron chi connectivity index (χ2n) is 6.27. The van der Waals surface area contributed by atoms with Crippen molar-refractivity contribution in [1.82, 2.24) is 25.0 Å². The first-order valence-electron chi connectivity index (χ1n) is 8.66. The first-order chi connectivity index (χ1) is 14.0. The molecule has 0 radical (unpaired) electrons. The van der Waals surface area contributed by atoms with E-state index in [1.807, 2.05) is 25.1 Å². The summed E-state index contributed by atoms with van der Waals surface area (Å²) in [5, 5.41) is 14.1. The Bertz CT molecular complexity index is 1180. The molecule has 10 heteroatoms. The summed E-state index contributed by atoms with van der Waals surface area (Å²) in [4.78, 5) is 33.5. The Morgan fingerprint density at radius 1 is 1.28 bits per heavy atom. The largest absolute Gasteiger partial charge is 0.451 e. The molecule has 29 heavy (non-hydrogen) atoms. The molecule has 0 atom stereocenters. The number of carbonyl (C=O) groups excluding carboxylic acids is 2. The number of nitrogens with zero attached hydrogens (tertiary/aromatic N) is 5. The SMILES string of the molecule is CC(=O)c1csc(Cn2ncc(-c3cccc(C)c3NC(=O)c3cocn3)n2)n1. The van der Waals surface area contributed by atoms with Gasteiger partial charge in [-0.15, -0.1) is 11.3 Å². The second kappa shape index (κ2) is 7.76. The van der Waals surface area contributed by atoms with E-state index in [0.717, 1.165) is 16.1 Å². The van der Waals surface area contributed by atoms with Gasteiger partial charge in [0.1, 0.15) is 29.2 Å². The Hall–Kier alpha value is -3.66. The maximum atomic E-state index is 12.4. The van der Waals surface area contributed by atoms with Crippen LogP contribution < -0.4 is 5.32 Å². The summed E-state index contributed by atoms with van der Waals surface area (Å²) in [6.07, 6.45) is 4.11. The lowest BCUT2D eigenvalue weighted by molar-refractivity contribution is 0.100. The van der Waals surface area contributed by atoms with Crippen LogP contribution in [0.4, 0.5) is 5.69 Å². The van der Waals surface area contributed by atoms with Crippen LogP contribution in [0.2, 0.25) is 0 Å². The predicted molar refractivity (Wildman–Crippen MR) is 106 cm³/mol. The van der Waals surface area contributed by atoms with E-state index in [1.54, 1.807) is 11.6 Å². The summed E-state index contributed by atoms with van der Waals surface area (Å²) < 4.78 is 4.87. The summed E-state index contributed by atoms with van der Waals surface area (Å²) in [5.74, 6) is -0.449. The van der Waals surface area contributed by atoms with Crippen LogP contribution in [-0.2, 0) is 6.54 Å². The summed E-state index contributed by atoms with van der Waals surface area (Å²) in [7, 11) is 0. The van der Waals surface area contributed by atoms with Gasteiger partial charge in [0.15, 0.2) is 17.9 Å². The third-order valence-corrected chi connectivity index (χ3v) is 5.01. The Labute approximate surface area is 169 Å². The van der Waals surface area contributed by atoms with Gasteiger partial charge in [-0.05, 0) is 12.5 Å². The molecule has 0 saturated heterocycles. The van der Waals surface area contributed by atoms with Crippen LogP contribution in [0.5, 0.6) is 0 Å². The van der Waals surface area contributed by atoms with Crippen molar-refractivity contribution in [2.24, 2.45) is 0 Å². The van der Waals surface area contributed by atoms with Crippen LogP contribution >= 0.6 is 11.3 Å². The van der Waals surface area contributed by atoms with E-state index in [1.165, 1.54) is 35.7 Å². The van der Waals surface area contributed by atoms with Gasteiger partial charge in [0.05, 0.1) is 11.9 Å². The van der Waals surface area contributed by atoms with Crippen LogP contribution in [0.25, 0.3) is 11.3 Å². The van der Waals surface area contributed by atoms with Crippen LogP contribution in [0.1, 0.15) is 38.5 Å². The molecular weight excluding hydrogens is 392 g/mol. The fourth-order valence-corrected chi connectivity index (χ4v) is 3.52. The highest BCUT2D eigenvalue weighted by atomic mass is 32.1. The van der Waals surface area contributed by atoms with Crippen LogP contribution in [0, 0.1) is 6.92 Å². The van der Waals surface area contributed by atoms with Gasteiger partial charge in [-0.1, -0.05) is 18.2 Å². The van der Waals surface area contributed by atoms with Gasteiger partial charge in [0.2, 0.25) is 0 Å². The maximum Gasteiger partial charge on any atom is 0.277 e. The fourth-order valence-electron chi connectivity index (χ4n) is 2.71. The third kappa shape index (κ3) is 3.97. The number of thiazole rings is 1. The maximum absolute atomic E-state index is 12.4. The van der Waals surface area contributed by atoms with Gasteiger partial charge in [-0.3, -0.25) is 9.59 Å². The molecule has 4 aromatic rings. The van der Waals surface area contributed by atoms with Crippen molar-refractivity contribution >= 4 is 28.7 Å². The number of rotatable bonds is 6. The van der Waals surface area contributed by atoms with Crippen molar-refractivity contribution in [2.45, 2.75) is 20.4 Å². The van der Waals surface area contributed by atoms with E-state index in [9.17, 15) is 9.59 Å². The molecule has 0 bridgehead atoms. The van der Waals surface area contributed by atoms with Crippen LogP contribution in [-0.4, -0.2) is 36.7 Å². The van der Waals surface area contributed by atoms with E-state index in [0.29, 0.717) is 23.6 Å². The Morgan fingerprint density at radius 2 is 2.14 bits per heavy atom. The minimum Gasteiger partial charge on any atom is -0.451 e. The normalized spacial score (nSPS) is 10.8. The van der Waals surface area contributed by atoms with Crippen molar-refractivity contribution < 1.29 is 14.0 Å². The number of aromatic nitrogens is 5. The molecule has 1 aromatic carbocycles. The lowest BCUT2D eigenvalue weighted by atomic mass is 10.1. The van der Waals surface area contributed by atoms with Crippen LogP contribution in [0.3, 0.4) is 0 Å². The zero-order valence-electron chi connectivity index (χ0n) is 15.6. The smallest absolute Gasteiger partial charge is 0.277 e. The van der Waals surface area contributed by atoms with E-state index >= 15 is 0 Å². The predicted octanol–water partition coefficient (Wildman–Crippen LogP) is 3.20. The highest BCUT2D eigenvalue weighted by molar-refractivity contribution is 7.09. The number of ketones is 1. The summed E-state index contributed by atoms with van der Waals surface area (Å²) in [5.41, 5.74) is 3.46. The molecule has 0 fully saturated rings. The molecule has 0 aliphatic carbocycles. The molecule has 1 amide bonds. The second-order valence-corrected chi connectivity index (χ2v) is 7.21. The van der Waals surface area contributed by atoms with Crippen LogP contribution in [0.15, 0.2) is 46.8 Å². The highest BCUT2D eigenvalue weighted by Crippen LogP contribution is 2.29. The van der Waals surface area contributed by atoms with Gasteiger partial charge in [-0.25, -0.2) is 9.97 Å². The molecule has 1 N–H and O–H groups in total. The minimum atomic E-state index is -0.374.